The summed E-state index contributed by atoms with van der Waals surface area (Å²) in [6, 6.07) is 0.887. The van der Waals surface area contributed by atoms with Crippen LogP contribution in [0.3, 0.4) is 0 Å². The highest BCUT2D eigenvalue weighted by Crippen LogP contribution is 2.25. The van der Waals surface area contributed by atoms with Gasteiger partial charge >= 0.3 is 5.69 Å². The zero-order valence-electron chi connectivity index (χ0n) is 8.61. The molecular weight excluding hydrogens is 236 g/mol. The fourth-order valence-corrected chi connectivity index (χ4v) is 1.54. The van der Waals surface area contributed by atoms with Gasteiger partial charge in [0.25, 0.3) is 0 Å². The molecule has 1 aromatic heterocycles. The molecule has 88 valence electrons. The molecule has 0 saturated heterocycles. The largest absolute Gasteiger partial charge is 0.357 e. The van der Waals surface area contributed by atoms with Gasteiger partial charge in [0.15, 0.2) is 0 Å². The molecule has 1 rings (SSSR count). The minimum Gasteiger partial charge on any atom is -0.357 e. The molecule has 16 heavy (non-hydrogen) atoms. The third-order valence-electron chi connectivity index (χ3n) is 1.77. The number of hydrogen-bond donors (Lipinski definition) is 1. The van der Waals surface area contributed by atoms with Crippen LogP contribution in [0, 0.1) is 10.1 Å². The Balaban J connectivity index is 3.46. The van der Waals surface area contributed by atoms with Crippen molar-refractivity contribution in [2.75, 3.05) is 19.0 Å². The van der Waals surface area contributed by atoms with Gasteiger partial charge in [0.05, 0.1) is 4.92 Å². The molecule has 0 aromatic carbocycles. The lowest BCUT2D eigenvalue weighted by Gasteiger charge is -2.11. The van der Waals surface area contributed by atoms with Crippen molar-refractivity contribution in [1.82, 2.24) is 4.98 Å². The van der Waals surface area contributed by atoms with Gasteiger partial charge < -0.3 is 4.90 Å². The van der Waals surface area contributed by atoms with E-state index in [1.165, 1.54) is 4.90 Å². The molecule has 0 bridgehead atoms. The molecule has 0 fully saturated rings. The summed E-state index contributed by atoms with van der Waals surface area (Å²) in [6.45, 7) is 0. The number of rotatable bonds is 3. The van der Waals surface area contributed by atoms with Crippen molar-refractivity contribution in [1.29, 1.82) is 0 Å². The van der Waals surface area contributed by atoms with E-state index < -0.39 is 20.6 Å². The summed E-state index contributed by atoms with van der Waals surface area (Å²) in [5, 5.41) is 15.6. The van der Waals surface area contributed by atoms with Crippen molar-refractivity contribution in [3.8, 4) is 0 Å². The van der Waals surface area contributed by atoms with Crippen LogP contribution in [0.25, 0.3) is 0 Å². The van der Waals surface area contributed by atoms with Crippen LogP contribution in [0.15, 0.2) is 17.2 Å². The number of nitrogens with zero attached hydrogens (tertiary/aromatic N) is 3. The summed E-state index contributed by atoms with van der Waals surface area (Å²) in [6.07, 6.45) is 0.984. The number of aromatic nitrogens is 1. The van der Waals surface area contributed by atoms with E-state index in [4.69, 9.17) is 5.14 Å². The SMILES string of the molecule is CN(C)c1ncc(S(N)(=O)=O)cc1[N+](=O)[O-]. The minimum atomic E-state index is -3.99. The van der Waals surface area contributed by atoms with E-state index in [-0.39, 0.29) is 10.7 Å². The van der Waals surface area contributed by atoms with E-state index in [1.54, 1.807) is 14.1 Å². The van der Waals surface area contributed by atoms with E-state index in [1.807, 2.05) is 0 Å². The highest BCUT2D eigenvalue weighted by molar-refractivity contribution is 7.89. The Bertz CT molecular complexity index is 525. The van der Waals surface area contributed by atoms with Gasteiger partial charge in [-0.1, -0.05) is 0 Å². The Kier molecular flexibility index (Phi) is 3.10. The van der Waals surface area contributed by atoms with Gasteiger partial charge in [0.1, 0.15) is 4.90 Å². The average molecular weight is 246 g/mol. The maximum Gasteiger partial charge on any atom is 0.312 e. The first kappa shape index (κ1) is 12.3. The summed E-state index contributed by atoms with van der Waals surface area (Å²) in [4.78, 5) is 14.7. The van der Waals surface area contributed by atoms with E-state index in [0.717, 1.165) is 12.3 Å². The normalized spacial score (nSPS) is 11.2. The van der Waals surface area contributed by atoms with Crippen LogP contribution >= 0.6 is 0 Å². The fourth-order valence-electron chi connectivity index (χ4n) is 1.06. The van der Waals surface area contributed by atoms with Gasteiger partial charge in [0.2, 0.25) is 15.8 Å². The molecule has 0 spiro atoms. The predicted molar refractivity (Wildman–Crippen MR) is 56.6 cm³/mol. The van der Waals surface area contributed by atoms with Gasteiger partial charge in [-0.05, 0) is 0 Å². The smallest absolute Gasteiger partial charge is 0.312 e. The summed E-state index contributed by atoms with van der Waals surface area (Å²) < 4.78 is 22.0. The highest BCUT2D eigenvalue weighted by atomic mass is 32.2. The molecule has 1 heterocycles. The molecule has 9 heteroatoms. The maximum atomic E-state index is 11.0. The molecular formula is C7H10N4O4S. The van der Waals surface area contributed by atoms with E-state index in [2.05, 4.69) is 4.98 Å². The molecule has 0 atom stereocenters. The number of primary sulfonamides is 1. The average Bonchev–Trinajstić information content (AvgIpc) is 2.15. The van der Waals surface area contributed by atoms with Crippen molar-refractivity contribution < 1.29 is 13.3 Å². The molecule has 0 unspecified atom stereocenters. The lowest BCUT2D eigenvalue weighted by atomic mass is 10.4. The second kappa shape index (κ2) is 4.02. The molecule has 8 nitrogen and oxygen atoms in total. The number of nitrogens with two attached hydrogens (primary N) is 1. The van der Waals surface area contributed by atoms with Crippen molar-refractivity contribution >= 4 is 21.5 Å². The lowest BCUT2D eigenvalue weighted by Crippen LogP contribution is -2.16. The molecule has 0 amide bonds. The Hall–Kier alpha value is -1.74. The standard InChI is InChI=1S/C7H10N4O4S/c1-10(2)7-6(11(12)13)3-5(4-9-7)16(8,14)15/h3-4H,1-2H3,(H2,8,14,15). The van der Waals surface area contributed by atoms with Gasteiger partial charge in [-0.3, -0.25) is 10.1 Å². The van der Waals surface area contributed by atoms with Crippen LogP contribution in [0.1, 0.15) is 0 Å². The second-order valence-corrected chi connectivity index (χ2v) is 4.77. The molecule has 0 radical (unpaired) electrons. The van der Waals surface area contributed by atoms with Gasteiger partial charge in [-0.25, -0.2) is 18.5 Å². The van der Waals surface area contributed by atoms with E-state index in [9.17, 15) is 18.5 Å². The van der Waals surface area contributed by atoms with Crippen LogP contribution in [-0.2, 0) is 10.0 Å². The van der Waals surface area contributed by atoms with Crippen molar-refractivity contribution in [2.45, 2.75) is 4.90 Å². The Morgan fingerprint density at radius 3 is 2.44 bits per heavy atom. The van der Waals surface area contributed by atoms with E-state index in [0.29, 0.717) is 0 Å². The number of pyridine rings is 1. The quantitative estimate of drug-likeness (QED) is 0.577. The Morgan fingerprint density at radius 1 is 1.50 bits per heavy atom. The van der Waals surface area contributed by atoms with Crippen LogP contribution in [0.5, 0.6) is 0 Å². The monoisotopic (exact) mass is 246 g/mol. The lowest BCUT2D eigenvalue weighted by molar-refractivity contribution is -0.384. The van der Waals surface area contributed by atoms with Crippen LogP contribution < -0.4 is 10.0 Å². The number of anilines is 1. The highest BCUT2D eigenvalue weighted by Gasteiger charge is 2.21. The molecule has 0 saturated carbocycles. The summed E-state index contributed by atoms with van der Waals surface area (Å²) in [7, 11) is -0.864. The number of nitro groups is 1. The first-order valence-corrected chi connectivity index (χ1v) is 5.62. The molecule has 1 aromatic rings. The number of sulfonamides is 1. The first-order chi connectivity index (χ1) is 7.23. The molecule has 0 aliphatic carbocycles. The summed E-state index contributed by atoms with van der Waals surface area (Å²) in [5.74, 6) is 0.0670. The molecule has 2 N–H and O–H groups in total. The minimum absolute atomic E-state index is 0.0670. The van der Waals surface area contributed by atoms with Crippen molar-refractivity contribution in [2.24, 2.45) is 5.14 Å². The molecule has 0 aliphatic rings. The zero-order chi connectivity index (χ0) is 12.5. The topological polar surface area (TPSA) is 119 Å². The third-order valence-corrected chi connectivity index (χ3v) is 2.65. The van der Waals surface area contributed by atoms with Crippen molar-refractivity contribution in [3.05, 3.63) is 22.4 Å². The predicted octanol–water partition coefficient (Wildman–Crippen LogP) is -0.297. The van der Waals surface area contributed by atoms with Gasteiger partial charge in [0, 0.05) is 26.4 Å². The fraction of sp³-hybridized carbons (Fsp3) is 0.286. The maximum absolute atomic E-state index is 11.0. The Labute approximate surface area is 91.9 Å². The third kappa shape index (κ3) is 2.44. The van der Waals surface area contributed by atoms with Crippen molar-refractivity contribution in [3.63, 3.8) is 0 Å². The summed E-state index contributed by atoms with van der Waals surface area (Å²) >= 11 is 0. The van der Waals surface area contributed by atoms with Crippen LogP contribution in [-0.4, -0.2) is 32.4 Å². The first-order valence-electron chi connectivity index (χ1n) is 4.08. The Morgan fingerprint density at radius 2 is 2.06 bits per heavy atom. The zero-order valence-corrected chi connectivity index (χ0v) is 9.43. The number of hydrogen-bond acceptors (Lipinski definition) is 6. The van der Waals surface area contributed by atoms with Crippen LogP contribution in [0.2, 0.25) is 0 Å². The molecule has 0 aliphatic heterocycles. The summed E-state index contributed by atoms with van der Waals surface area (Å²) in [5.41, 5.74) is -0.406. The van der Waals surface area contributed by atoms with Gasteiger partial charge in [-0.15, -0.1) is 0 Å². The second-order valence-electron chi connectivity index (χ2n) is 3.21. The van der Waals surface area contributed by atoms with Crippen LogP contribution in [0.4, 0.5) is 11.5 Å². The van der Waals surface area contributed by atoms with Gasteiger partial charge in [-0.2, -0.15) is 0 Å². The van der Waals surface area contributed by atoms with E-state index >= 15 is 0 Å².